The summed E-state index contributed by atoms with van der Waals surface area (Å²) in [6.45, 7) is -0.986. The Morgan fingerprint density at radius 3 is 2.77 bits per heavy atom. The van der Waals surface area contributed by atoms with E-state index in [1.54, 1.807) is 0 Å². The predicted octanol–water partition coefficient (Wildman–Crippen LogP) is 0.957. The summed E-state index contributed by atoms with van der Waals surface area (Å²) in [4.78, 5) is 10.4. The molecule has 1 heterocycles. The number of halogens is 3. The van der Waals surface area contributed by atoms with Crippen LogP contribution >= 0.6 is 12.2 Å². The minimum absolute atomic E-state index is 0.185. The molecule has 22 heavy (non-hydrogen) atoms. The molecule has 1 aromatic heterocycles. The number of carboxylic acids is 1. The predicted molar refractivity (Wildman–Crippen MR) is 75.4 cm³/mol. The van der Waals surface area contributed by atoms with Crippen molar-refractivity contribution in [3.63, 3.8) is 0 Å². The molecule has 0 aliphatic carbocycles. The highest BCUT2D eigenvalue weighted by Gasteiger charge is 2.27. The van der Waals surface area contributed by atoms with E-state index in [-0.39, 0.29) is 30.3 Å². The average molecular weight is 340 g/mol. The van der Waals surface area contributed by atoms with Crippen molar-refractivity contribution >= 4 is 29.1 Å². The standard InChI is InChI=1S/C11H15F3N4O3S/c12-11(13,14)6-15-10(22)16-8-2-4-18(17-8)3-1-7(19)5-9(20)21/h2,4,7,19H,1,3,5-6H2,(H,20,21)(H2,15,16,17,22). The van der Waals surface area contributed by atoms with Gasteiger partial charge in [-0.1, -0.05) is 0 Å². The smallest absolute Gasteiger partial charge is 0.405 e. The summed E-state index contributed by atoms with van der Waals surface area (Å²) < 4.78 is 37.4. The lowest BCUT2D eigenvalue weighted by Gasteiger charge is -2.10. The Morgan fingerprint density at radius 1 is 1.50 bits per heavy atom. The minimum atomic E-state index is -4.37. The number of hydrogen-bond donors (Lipinski definition) is 4. The topological polar surface area (TPSA) is 99.4 Å². The van der Waals surface area contributed by atoms with Crippen LogP contribution in [0.4, 0.5) is 19.0 Å². The van der Waals surface area contributed by atoms with Crippen molar-refractivity contribution in [2.45, 2.75) is 31.7 Å². The van der Waals surface area contributed by atoms with Gasteiger partial charge in [0.15, 0.2) is 10.9 Å². The van der Waals surface area contributed by atoms with Crippen LogP contribution in [0.2, 0.25) is 0 Å². The molecule has 0 aliphatic rings. The van der Waals surface area contributed by atoms with Crippen molar-refractivity contribution < 1.29 is 28.2 Å². The van der Waals surface area contributed by atoms with Crippen molar-refractivity contribution in [3.8, 4) is 0 Å². The van der Waals surface area contributed by atoms with Gasteiger partial charge >= 0.3 is 12.1 Å². The molecule has 1 unspecified atom stereocenters. The summed E-state index contributed by atoms with van der Waals surface area (Å²) in [7, 11) is 0. The van der Waals surface area contributed by atoms with Gasteiger partial charge in [0, 0.05) is 18.8 Å². The monoisotopic (exact) mass is 340 g/mol. The number of rotatable bonds is 7. The van der Waals surface area contributed by atoms with E-state index in [0.717, 1.165) is 0 Å². The van der Waals surface area contributed by atoms with Crippen LogP contribution in [-0.2, 0) is 11.3 Å². The summed E-state index contributed by atoms with van der Waals surface area (Å²) in [6.07, 6.45) is -4.01. The number of carboxylic acid groups (broad SMARTS) is 1. The third-order valence-electron chi connectivity index (χ3n) is 2.43. The number of aromatic nitrogens is 2. The molecule has 1 aromatic rings. The second-order valence-electron chi connectivity index (χ2n) is 4.43. The van der Waals surface area contributed by atoms with Crippen LogP contribution in [0.1, 0.15) is 12.8 Å². The molecule has 124 valence electrons. The van der Waals surface area contributed by atoms with Crippen LogP contribution in [0.15, 0.2) is 12.3 Å². The maximum Gasteiger partial charge on any atom is 0.405 e. The van der Waals surface area contributed by atoms with Gasteiger partial charge in [0.2, 0.25) is 0 Å². The molecule has 1 rings (SSSR count). The summed E-state index contributed by atoms with van der Waals surface area (Å²) in [5, 5.41) is 26.2. The second kappa shape index (κ2) is 7.94. The Morgan fingerprint density at radius 2 is 2.18 bits per heavy atom. The fourth-order valence-electron chi connectivity index (χ4n) is 1.48. The fraction of sp³-hybridized carbons (Fsp3) is 0.545. The number of thiocarbonyl (C=S) groups is 1. The third-order valence-corrected chi connectivity index (χ3v) is 2.68. The molecule has 0 saturated heterocycles. The molecule has 0 spiro atoms. The van der Waals surface area contributed by atoms with E-state index in [2.05, 4.69) is 10.4 Å². The molecular formula is C11H15F3N4O3S. The lowest BCUT2D eigenvalue weighted by atomic mass is 10.2. The molecule has 0 radical (unpaired) electrons. The summed E-state index contributed by atoms with van der Waals surface area (Å²) in [5.41, 5.74) is 0. The summed E-state index contributed by atoms with van der Waals surface area (Å²) in [5.74, 6) is -0.858. The summed E-state index contributed by atoms with van der Waals surface area (Å²) in [6, 6.07) is 1.49. The number of carbonyl (C=O) groups is 1. The lowest BCUT2D eigenvalue weighted by molar-refractivity contribution is -0.139. The minimum Gasteiger partial charge on any atom is -0.481 e. The van der Waals surface area contributed by atoms with Gasteiger partial charge in [-0.2, -0.15) is 18.3 Å². The second-order valence-corrected chi connectivity index (χ2v) is 4.84. The van der Waals surface area contributed by atoms with Crippen molar-refractivity contribution in [2.24, 2.45) is 0 Å². The number of aliphatic carboxylic acids is 1. The Hall–Kier alpha value is -1.88. The average Bonchev–Trinajstić information content (AvgIpc) is 2.80. The third kappa shape index (κ3) is 7.78. The molecule has 1 atom stereocenters. The SMILES string of the molecule is O=C(O)CC(O)CCn1ccc(NC(=S)NCC(F)(F)F)n1. The van der Waals surface area contributed by atoms with E-state index < -0.39 is 24.8 Å². The van der Waals surface area contributed by atoms with E-state index >= 15 is 0 Å². The number of nitrogens with zero attached hydrogens (tertiary/aromatic N) is 2. The highest BCUT2D eigenvalue weighted by atomic mass is 32.1. The number of aliphatic hydroxyl groups is 1. The number of alkyl halides is 3. The van der Waals surface area contributed by atoms with Gasteiger partial charge in [-0.05, 0) is 18.6 Å². The normalized spacial score (nSPS) is 12.7. The van der Waals surface area contributed by atoms with Crippen LogP contribution in [0, 0.1) is 0 Å². The van der Waals surface area contributed by atoms with Crippen LogP contribution < -0.4 is 10.6 Å². The van der Waals surface area contributed by atoms with Gasteiger partial charge in [0.05, 0.1) is 12.5 Å². The van der Waals surface area contributed by atoms with Crippen LogP contribution in [0.25, 0.3) is 0 Å². The van der Waals surface area contributed by atoms with E-state index in [1.165, 1.54) is 16.9 Å². The van der Waals surface area contributed by atoms with Gasteiger partial charge < -0.3 is 20.8 Å². The highest BCUT2D eigenvalue weighted by Crippen LogP contribution is 2.12. The van der Waals surface area contributed by atoms with E-state index in [1.807, 2.05) is 5.32 Å². The van der Waals surface area contributed by atoms with Crippen LogP contribution in [0.3, 0.4) is 0 Å². The first kappa shape index (κ1) is 18.2. The van der Waals surface area contributed by atoms with E-state index in [4.69, 9.17) is 17.3 Å². The maximum atomic E-state index is 12.0. The fourth-order valence-corrected chi connectivity index (χ4v) is 1.66. The van der Waals surface area contributed by atoms with E-state index in [9.17, 15) is 23.1 Å². The molecule has 0 aromatic carbocycles. The first-order valence-electron chi connectivity index (χ1n) is 6.20. The maximum absolute atomic E-state index is 12.0. The number of aryl methyl sites for hydroxylation is 1. The number of aliphatic hydroxyl groups excluding tert-OH is 1. The molecular weight excluding hydrogens is 325 g/mol. The molecule has 7 nitrogen and oxygen atoms in total. The molecule has 0 aliphatic heterocycles. The first-order valence-corrected chi connectivity index (χ1v) is 6.61. The van der Waals surface area contributed by atoms with Crippen molar-refractivity contribution in [1.29, 1.82) is 0 Å². The van der Waals surface area contributed by atoms with Crippen LogP contribution in [0.5, 0.6) is 0 Å². The number of anilines is 1. The molecule has 0 fully saturated rings. The number of nitrogens with one attached hydrogen (secondary N) is 2. The first-order chi connectivity index (χ1) is 10.2. The molecule has 4 N–H and O–H groups in total. The van der Waals surface area contributed by atoms with Crippen LogP contribution in [-0.4, -0.2) is 49.9 Å². The highest BCUT2D eigenvalue weighted by molar-refractivity contribution is 7.80. The zero-order chi connectivity index (χ0) is 16.8. The van der Waals surface area contributed by atoms with Crippen molar-refractivity contribution in [2.75, 3.05) is 11.9 Å². The quantitative estimate of drug-likeness (QED) is 0.549. The van der Waals surface area contributed by atoms with Gasteiger partial charge in [-0.25, -0.2) is 0 Å². The van der Waals surface area contributed by atoms with Gasteiger partial charge in [0.1, 0.15) is 6.54 Å². The zero-order valence-corrected chi connectivity index (χ0v) is 12.1. The molecule has 11 heteroatoms. The Balaban J connectivity index is 2.38. The largest absolute Gasteiger partial charge is 0.481 e. The Bertz CT molecular complexity index is 521. The molecule has 0 bridgehead atoms. The van der Waals surface area contributed by atoms with Gasteiger partial charge in [0.25, 0.3) is 0 Å². The number of hydrogen-bond acceptors (Lipinski definition) is 4. The lowest BCUT2D eigenvalue weighted by Crippen LogP contribution is -2.36. The molecule has 0 saturated carbocycles. The Kier molecular flexibility index (Phi) is 6.56. The van der Waals surface area contributed by atoms with Gasteiger partial charge in [-0.15, -0.1) is 0 Å². The summed E-state index contributed by atoms with van der Waals surface area (Å²) >= 11 is 4.69. The Labute approximate surface area is 129 Å². The van der Waals surface area contributed by atoms with Crippen molar-refractivity contribution in [1.82, 2.24) is 15.1 Å². The van der Waals surface area contributed by atoms with Gasteiger partial charge in [-0.3, -0.25) is 9.48 Å². The molecule has 0 amide bonds. The zero-order valence-electron chi connectivity index (χ0n) is 11.3. The van der Waals surface area contributed by atoms with Crippen molar-refractivity contribution in [3.05, 3.63) is 12.3 Å². The van der Waals surface area contributed by atoms with E-state index in [0.29, 0.717) is 0 Å².